The quantitative estimate of drug-likeness (QED) is 0.375. The minimum absolute atomic E-state index is 0.00730. The van der Waals surface area contributed by atoms with Gasteiger partial charge < -0.3 is 14.2 Å². The summed E-state index contributed by atoms with van der Waals surface area (Å²) in [6, 6.07) is 0. The SMILES string of the molecule is O=C(OC1CCCCC1)C1CCC(C(=O)OC2CCCCC2)C(C(=O)OC2CCCCC2)C1. The predicted molar refractivity (Wildman–Crippen MR) is 123 cm³/mol. The molecule has 0 aromatic carbocycles. The summed E-state index contributed by atoms with van der Waals surface area (Å²) in [5.41, 5.74) is 0. The molecule has 3 unspecified atom stereocenters. The first-order valence-electron chi connectivity index (χ1n) is 13.7. The van der Waals surface area contributed by atoms with Crippen LogP contribution in [-0.2, 0) is 28.6 Å². The van der Waals surface area contributed by atoms with Gasteiger partial charge >= 0.3 is 17.9 Å². The van der Waals surface area contributed by atoms with Crippen LogP contribution in [0.5, 0.6) is 0 Å². The van der Waals surface area contributed by atoms with Crippen molar-refractivity contribution in [2.24, 2.45) is 17.8 Å². The third-order valence-electron chi connectivity index (χ3n) is 8.29. The lowest BCUT2D eigenvalue weighted by atomic mass is 9.73. The molecule has 186 valence electrons. The lowest BCUT2D eigenvalue weighted by Gasteiger charge is -2.35. The van der Waals surface area contributed by atoms with Gasteiger partial charge in [0.2, 0.25) is 0 Å². The van der Waals surface area contributed by atoms with Crippen molar-refractivity contribution in [2.75, 3.05) is 0 Å². The van der Waals surface area contributed by atoms with Gasteiger partial charge in [-0.2, -0.15) is 0 Å². The Balaban J connectivity index is 1.39. The van der Waals surface area contributed by atoms with Crippen molar-refractivity contribution in [1.29, 1.82) is 0 Å². The molecule has 0 saturated heterocycles. The molecule has 6 heteroatoms. The molecular formula is C27H42O6. The molecule has 0 amide bonds. The summed E-state index contributed by atoms with van der Waals surface area (Å²) in [5.74, 6) is -2.25. The molecule has 0 aromatic rings. The minimum atomic E-state index is -0.610. The Labute approximate surface area is 198 Å². The monoisotopic (exact) mass is 462 g/mol. The summed E-state index contributed by atoms with van der Waals surface area (Å²) in [4.78, 5) is 39.3. The smallest absolute Gasteiger partial charge is 0.310 e. The van der Waals surface area contributed by atoms with E-state index in [4.69, 9.17) is 14.2 Å². The van der Waals surface area contributed by atoms with Gasteiger partial charge in [0.05, 0.1) is 17.8 Å². The molecule has 0 radical (unpaired) electrons. The minimum Gasteiger partial charge on any atom is -0.462 e. The molecule has 4 rings (SSSR count). The van der Waals surface area contributed by atoms with Crippen molar-refractivity contribution in [3.8, 4) is 0 Å². The van der Waals surface area contributed by atoms with Gasteiger partial charge in [-0.3, -0.25) is 14.4 Å². The zero-order chi connectivity index (χ0) is 23.0. The van der Waals surface area contributed by atoms with Crippen molar-refractivity contribution in [3.63, 3.8) is 0 Å². The molecule has 0 N–H and O–H groups in total. The molecule has 4 aliphatic rings. The first-order valence-corrected chi connectivity index (χ1v) is 13.7. The maximum Gasteiger partial charge on any atom is 0.310 e. The van der Waals surface area contributed by atoms with Crippen molar-refractivity contribution in [3.05, 3.63) is 0 Å². The number of hydrogen-bond donors (Lipinski definition) is 0. The van der Waals surface area contributed by atoms with Crippen LogP contribution in [0.4, 0.5) is 0 Å². The van der Waals surface area contributed by atoms with Crippen LogP contribution in [0.25, 0.3) is 0 Å². The van der Waals surface area contributed by atoms with Gasteiger partial charge in [-0.05, 0) is 96.3 Å². The highest BCUT2D eigenvalue weighted by atomic mass is 16.6. The summed E-state index contributed by atoms with van der Waals surface area (Å²) in [6.45, 7) is 0. The highest BCUT2D eigenvalue weighted by molar-refractivity contribution is 5.84. The molecule has 0 aliphatic heterocycles. The van der Waals surface area contributed by atoms with Gasteiger partial charge in [0, 0.05) is 0 Å². The van der Waals surface area contributed by atoms with Crippen molar-refractivity contribution in [2.45, 2.75) is 134 Å². The second-order valence-electron chi connectivity index (χ2n) is 10.8. The standard InChI is InChI=1S/C27H42O6/c28-25(31-20-10-4-1-5-11-20)19-16-17-23(26(29)32-21-12-6-2-7-13-21)24(18-19)27(30)33-22-14-8-3-9-15-22/h19-24H,1-18H2. The van der Waals surface area contributed by atoms with Crippen molar-refractivity contribution < 1.29 is 28.6 Å². The topological polar surface area (TPSA) is 78.9 Å². The molecule has 33 heavy (non-hydrogen) atoms. The van der Waals surface area contributed by atoms with E-state index in [0.717, 1.165) is 77.0 Å². The highest BCUT2D eigenvalue weighted by Crippen LogP contribution is 2.38. The molecule has 6 nitrogen and oxygen atoms in total. The summed E-state index contributed by atoms with van der Waals surface area (Å²) >= 11 is 0. The summed E-state index contributed by atoms with van der Waals surface area (Å²) in [6.07, 6.45) is 16.9. The van der Waals surface area contributed by atoms with Crippen molar-refractivity contribution >= 4 is 17.9 Å². The number of hydrogen-bond acceptors (Lipinski definition) is 6. The zero-order valence-corrected chi connectivity index (χ0v) is 20.1. The Bertz CT molecular complexity index is 658. The Morgan fingerprint density at radius 1 is 0.424 bits per heavy atom. The van der Waals surface area contributed by atoms with E-state index in [1.165, 1.54) is 19.3 Å². The van der Waals surface area contributed by atoms with Crippen LogP contribution < -0.4 is 0 Å². The number of rotatable bonds is 6. The molecule has 0 heterocycles. The van der Waals surface area contributed by atoms with Crippen molar-refractivity contribution in [1.82, 2.24) is 0 Å². The average Bonchev–Trinajstić information content (AvgIpc) is 2.85. The third kappa shape index (κ3) is 6.95. The Kier molecular flexibility index (Phi) is 9.08. The van der Waals surface area contributed by atoms with E-state index in [1.54, 1.807) is 0 Å². The van der Waals surface area contributed by atoms with Crippen LogP contribution in [0.3, 0.4) is 0 Å². The molecule has 4 fully saturated rings. The van der Waals surface area contributed by atoms with Gasteiger partial charge in [0.1, 0.15) is 18.3 Å². The van der Waals surface area contributed by atoms with E-state index in [9.17, 15) is 14.4 Å². The van der Waals surface area contributed by atoms with Crippen LogP contribution in [0.15, 0.2) is 0 Å². The normalized spacial score (nSPS) is 30.4. The van der Waals surface area contributed by atoms with E-state index in [0.29, 0.717) is 19.3 Å². The molecular weight excluding hydrogens is 420 g/mol. The van der Waals surface area contributed by atoms with E-state index in [1.807, 2.05) is 0 Å². The van der Waals surface area contributed by atoms with Crippen LogP contribution >= 0.6 is 0 Å². The van der Waals surface area contributed by atoms with Gasteiger partial charge in [-0.15, -0.1) is 0 Å². The maximum absolute atomic E-state index is 13.2. The Morgan fingerprint density at radius 3 is 1.27 bits per heavy atom. The Morgan fingerprint density at radius 2 is 0.818 bits per heavy atom. The predicted octanol–water partition coefficient (Wildman–Crippen LogP) is 5.65. The molecule has 3 atom stereocenters. The lowest BCUT2D eigenvalue weighted by molar-refractivity contribution is -0.174. The lowest BCUT2D eigenvalue weighted by Crippen LogP contribution is -2.42. The summed E-state index contributed by atoms with van der Waals surface area (Å²) < 4.78 is 17.6. The molecule has 0 bridgehead atoms. The largest absolute Gasteiger partial charge is 0.462 e. The molecule has 0 spiro atoms. The first-order chi connectivity index (χ1) is 16.1. The van der Waals surface area contributed by atoms with Gasteiger partial charge in [0.25, 0.3) is 0 Å². The fourth-order valence-electron chi connectivity index (χ4n) is 6.24. The van der Waals surface area contributed by atoms with Crippen LogP contribution in [-0.4, -0.2) is 36.2 Å². The van der Waals surface area contributed by atoms with Gasteiger partial charge in [-0.1, -0.05) is 19.3 Å². The van der Waals surface area contributed by atoms with E-state index >= 15 is 0 Å². The average molecular weight is 463 g/mol. The highest BCUT2D eigenvalue weighted by Gasteiger charge is 2.45. The third-order valence-corrected chi connectivity index (χ3v) is 8.29. The van der Waals surface area contributed by atoms with Gasteiger partial charge in [-0.25, -0.2) is 0 Å². The second-order valence-corrected chi connectivity index (χ2v) is 10.8. The van der Waals surface area contributed by atoms with Gasteiger partial charge in [0.15, 0.2) is 0 Å². The molecule has 4 saturated carbocycles. The van der Waals surface area contributed by atoms with E-state index in [-0.39, 0.29) is 42.1 Å². The molecule has 4 aliphatic carbocycles. The summed E-state index contributed by atoms with van der Waals surface area (Å²) in [5, 5.41) is 0. The maximum atomic E-state index is 13.2. The number of carbonyl (C=O) groups excluding carboxylic acids is 3. The van der Waals surface area contributed by atoms with Crippen LogP contribution in [0.2, 0.25) is 0 Å². The zero-order valence-electron chi connectivity index (χ0n) is 20.1. The number of esters is 3. The van der Waals surface area contributed by atoms with E-state index < -0.39 is 11.8 Å². The Hall–Kier alpha value is -1.59. The second kappa shape index (κ2) is 12.2. The summed E-state index contributed by atoms with van der Waals surface area (Å²) in [7, 11) is 0. The van der Waals surface area contributed by atoms with E-state index in [2.05, 4.69) is 0 Å². The fraction of sp³-hybridized carbons (Fsp3) is 0.889. The first kappa shape index (κ1) is 24.5. The molecule has 0 aromatic heterocycles. The fourth-order valence-corrected chi connectivity index (χ4v) is 6.24. The van der Waals surface area contributed by atoms with Crippen LogP contribution in [0.1, 0.15) is 116 Å². The number of carbonyl (C=O) groups is 3. The van der Waals surface area contributed by atoms with Crippen LogP contribution in [0, 0.1) is 17.8 Å². The number of ether oxygens (including phenoxy) is 3.